The minimum absolute atomic E-state index is 0.107. The van der Waals surface area contributed by atoms with E-state index in [1.165, 1.54) is 30.0 Å². The Bertz CT molecular complexity index is 446. The van der Waals surface area contributed by atoms with Crippen LogP contribution in [0.15, 0.2) is 5.38 Å². The molecule has 1 heterocycles. The summed E-state index contributed by atoms with van der Waals surface area (Å²) in [5, 5.41) is 7.37. The number of nitrogens with one attached hydrogen (secondary N) is 1. The van der Waals surface area contributed by atoms with Crippen LogP contribution in [-0.2, 0) is 11.0 Å². The summed E-state index contributed by atoms with van der Waals surface area (Å²) >= 11 is 1.85. The molecular formula is C17H30N2S. The molecule has 114 valence electrons. The van der Waals surface area contributed by atoms with Gasteiger partial charge in [0.05, 0.1) is 11.2 Å². The van der Waals surface area contributed by atoms with E-state index in [1.54, 1.807) is 0 Å². The fraction of sp³-hybridized carbons (Fsp3) is 0.824. The predicted octanol–water partition coefficient (Wildman–Crippen LogP) is 4.70. The molecule has 3 unspecified atom stereocenters. The van der Waals surface area contributed by atoms with Gasteiger partial charge in [0, 0.05) is 10.8 Å². The van der Waals surface area contributed by atoms with Crippen molar-refractivity contribution in [2.24, 2.45) is 11.8 Å². The highest BCUT2D eigenvalue weighted by Crippen LogP contribution is 2.45. The van der Waals surface area contributed by atoms with Gasteiger partial charge in [0.25, 0.3) is 0 Å². The maximum absolute atomic E-state index is 5.03. The molecule has 1 fully saturated rings. The monoisotopic (exact) mass is 294 g/mol. The molecule has 1 aromatic heterocycles. The maximum atomic E-state index is 5.03. The predicted molar refractivity (Wildman–Crippen MR) is 88.3 cm³/mol. The molecule has 0 saturated heterocycles. The summed E-state index contributed by atoms with van der Waals surface area (Å²) in [7, 11) is 0. The molecule has 0 bridgehead atoms. The topological polar surface area (TPSA) is 24.9 Å². The van der Waals surface area contributed by atoms with Crippen LogP contribution in [0.5, 0.6) is 0 Å². The van der Waals surface area contributed by atoms with E-state index in [1.807, 2.05) is 11.3 Å². The highest BCUT2D eigenvalue weighted by atomic mass is 32.1. The van der Waals surface area contributed by atoms with E-state index >= 15 is 0 Å². The van der Waals surface area contributed by atoms with Gasteiger partial charge in [-0.15, -0.1) is 11.3 Å². The molecule has 1 aromatic rings. The number of thiazole rings is 1. The van der Waals surface area contributed by atoms with Crippen molar-refractivity contribution in [2.75, 3.05) is 6.54 Å². The average molecular weight is 295 g/mol. The Labute approximate surface area is 128 Å². The van der Waals surface area contributed by atoms with Crippen molar-refractivity contribution in [1.29, 1.82) is 0 Å². The zero-order valence-electron chi connectivity index (χ0n) is 13.9. The van der Waals surface area contributed by atoms with Crippen LogP contribution in [0.4, 0.5) is 0 Å². The van der Waals surface area contributed by atoms with E-state index in [9.17, 15) is 0 Å². The van der Waals surface area contributed by atoms with Crippen LogP contribution in [0, 0.1) is 11.8 Å². The zero-order chi connectivity index (χ0) is 15.0. The lowest BCUT2D eigenvalue weighted by Crippen LogP contribution is -2.50. The van der Waals surface area contributed by atoms with Gasteiger partial charge in [-0.25, -0.2) is 4.98 Å². The summed E-state index contributed by atoms with van der Waals surface area (Å²) in [5.74, 6) is 1.50. The SMILES string of the molecule is CCNC1(c2nc(C(C)(C)C)cs2)CCC(C)CC1C. The molecule has 1 N–H and O–H groups in total. The van der Waals surface area contributed by atoms with E-state index in [0.717, 1.165) is 12.5 Å². The Morgan fingerprint density at radius 1 is 1.40 bits per heavy atom. The van der Waals surface area contributed by atoms with Crippen molar-refractivity contribution in [3.05, 3.63) is 16.1 Å². The van der Waals surface area contributed by atoms with Crippen molar-refractivity contribution in [3.8, 4) is 0 Å². The summed E-state index contributed by atoms with van der Waals surface area (Å²) in [6, 6.07) is 0. The Hall–Kier alpha value is -0.410. The van der Waals surface area contributed by atoms with Gasteiger partial charge in [-0.2, -0.15) is 0 Å². The number of rotatable bonds is 3. The molecule has 3 atom stereocenters. The zero-order valence-corrected chi connectivity index (χ0v) is 14.7. The van der Waals surface area contributed by atoms with Gasteiger partial charge in [-0.1, -0.05) is 41.5 Å². The van der Waals surface area contributed by atoms with Crippen LogP contribution in [0.3, 0.4) is 0 Å². The largest absolute Gasteiger partial charge is 0.305 e. The van der Waals surface area contributed by atoms with E-state index in [2.05, 4.69) is 52.2 Å². The molecule has 0 aromatic carbocycles. The smallest absolute Gasteiger partial charge is 0.113 e. The molecule has 1 aliphatic rings. The fourth-order valence-electron chi connectivity index (χ4n) is 3.44. The minimum atomic E-state index is 0.107. The second kappa shape index (κ2) is 5.76. The second-order valence-corrected chi connectivity index (χ2v) is 8.43. The van der Waals surface area contributed by atoms with Gasteiger partial charge in [0.1, 0.15) is 5.01 Å². The van der Waals surface area contributed by atoms with Crippen molar-refractivity contribution in [1.82, 2.24) is 10.3 Å². The third-order valence-corrected chi connectivity index (χ3v) is 5.80. The van der Waals surface area contributed by atoms with Crippen molar-refractivity contribution in [2.45, 2.75) is 71.8 Å². The van der Waals surface area contributed by atoms with Gasteiger partial charge >= 0.3 is 0 Å². The summed E-state index contributed by atoms with van der Waals surface area (Å²) in [6.45, 7) is 14.8. The van der Waals surface area contributed by atoms with Gasteiger partial charge in [-0.05, 0) is 37.6 Å². The van der Waals surface area contributed by atoms with Gasteiger partial charge in [0.15, 0.2) is 0 Å². The van der Waals surface area contributed by atoms with Crippen molar-refractivity contribution < 1.29 is 0 Å². The summed E-state index contributed by atoms with van der Waals surface area (Å²) in [4.78, 5) is 5.03. The first-order chi connectivity index (χ1) is 9.29. The Morgan fingerprint density at radius 2 is 2.10 bits per heavy atom. The highest BCUT2D eigenvalue weighted by Gasteiger charge is 2.43. The van der Waals surface area contributed by atoms with E-state index < -0.39 is 0 Å². The molecule has 1 saturated carbocycles. The third-order valence-electron chi connectivity index (χ3n) is 4.78. The number of hydrogen-bond donors (Lipinski definition) is 1. The average Bonchev–Trinajstić information content (AvgIpc) is 2.83. The molecule has 1 aliphatic carbocycles. The summed E-state index contributed by atoms with van der Waals surface area (Å²) in [5.41, 5.74) is 1.49. The molecule has 2 rings (SSSR count). The first-order valence-electron chi connectivity index (χ1n) is 8.01. The Balaban J connectivity index is 2.35. The summed E-state index contributed by atoms with van der Waals surface area (Å²) < 4.78 is 0. The first-order valence-corrected chi connectivity index (χ1v) is 8.89. The van der Waals surface area contributed by atoms with Crippen molar-refractivity contribution >= 4 is 11.3 Å². The van der Waals surface area contributed by atoms with Gasteiger partial charge in [-0.3, -0.25) is 0 Å². The van der Waals surface area contributed by atoms with E-state index in [-0.39, 0.29) is 11.0 Å². The molecule has 20 heavy (non-hydrogen) atoms. The molecule has 3 heteroatoms. The Kier molecular flexibility index (Phi) is 4.60. The van der Waals surface area contributed by atoms with Crippen molar-refractivity contribution in [3.63, 3.8) is 0 Å². The van der Waals surface area contributed by atoms with Gasteiger partial charge < -0.3 is 5.32 Å². The Morgan fingerprint density at radius 3 is 2.60 bits per heavy atom. The lowest BCUT2D eigenvalue weighted by Gasteiger charge is -2.44. The summed E-state index contributed by atoms with van der Waals surface area (Å²) in [6.07, 6.45) is 3.83. The lowest BCUT2D eigenvalue weighted by atomic mass is 9.70. The quantitative estimate of drug-likeness (QED) is 0.874. The standard InChI is InChI=1S/C17H30N2S/c1-7-18-17(9-8-12(2)10-13(17)3)15-19-14(11-20-15)16(4,5)6/h11-13,18H,7-10H2,1-6H3. The number of nitrogens with zero attached hydrogens (tertiary/aromatic N) is 1. The third kappa shape index (κ3) is 2.94. The molecule has 0 radical (unpaired) electrons. The van der Waals surface area contributed by atoms with Crippen LogP contribution in [0.1, 0.15) is 71.5 Å². The number of aromatic nitrogens is 1. The maximum Gasteiger partial charge on any atom is 0.113 e. The molecule has 0 spiro atoms. The molecule has 0 amide bonds. The second-order valence-electron chi connectivity index (χ2n) is 7.57. The van der Waals surface area contributed by atoms with Crippen LogP contribution >= 0.6 is 11.3 Å². The molecular weight excluding hydrogens is 264 g/mol. The van der Waals surface area contributed by atoms with Crippen LogP contribution in [0.2, 0.25) is 0 Å². The number of hydrogen-bond acceptors (Lipinski definition) is 3. The lowest BCUT2D eigenvalue weighted by molar-refractivity contribution is 0.123. The van der Waals surface area contributed by atoms with Crippen LogP contribution < -0.4 is 5.32 Å². The molecule has 0 aliphatic heterocycles. The van der Waals surface area contributed by atoms with E-state index in [0.29, 0.717) is 5.92 Å². The van der Waals surface area contributed by atoms with Crippen LogP contribution in [0.25, 0.3) is 0 Å². The minimum Gasteiger partial charge on any atom is -0.305 e. The molecule has 2 nitrogen and oxygen atoms in total. The normalized spacial score (nSPS) is 31.5. The highest BCUT2D eigenvalue weighted by molar-refractivity contribution is 7.09. The van der Waals surface area contributed by atoms with Gasteiger partial charge in [0.2, 0.25) is 0 Å². The fourth-order valence-corrected chi connectivity index (χ4v) is 4.80. The van der Waals surface area contributed by atoms with Crippen LogP contribution in [-0.4, -0.2) is 11.5 Å². The van der Waals surface area contributed by atoms with E-state index in [4.69, 9.17) is 4.98 Å². The first kappa shape index (κ1) is 16.0.